The Morgan fingerprint density at radius 1 is 1.32 bits per heavy atom. The molecule has 146 valence electrons. The average Bonchev–Trinajstić information content (AvgIpc) is 3.34. The molecule has 4 rings (SSSR count). The highest BCUT2D eigenvalue weighted by Crippen LogP contribution is 2.17. The van der Waals surface area contributed by atoms with Gasteiger partial charge in [0.25, 0.3) is 5.56 Å². The van der Waals surface area contributed by atoms with Gasteiger partial charge in [-0.05, 0) is 49.9 Å². The van der Waals surface area contributed by atoms with Gasteiger partial charge in [0.2, 0.25) is 5.91 Å². The molecule has 1 saturated heterocycles. The zero-order valence-electron chi connectivity index (χ0n) is 16.0. The molecule has 0 radical (unpaired) electrons. The molecule has 1 fully saturated rings. The van der Waals surface area contributed by atoms with Crippen molar-refractivity contribution in [1.29, 1.82) is 0 Å². The monoisotopic (exact) mass is 381 g/mol. The minimum atomic E-state index is -0.285. The van der Waals surface area contributed by atoms with Crippen LogP contribution < -0.4 is 10.9 Å². The Morgan fingerprint density at radius 3 is 2.93 bits per heavy atom. The van der Waals surface area contributed by atoms with Crippen LogP contribution in [0.4, 0.5) is 0 Å². The van der Waals surface area contributed by atoms with Crippen LogP contribution in [0.3, 0.4) is 0 Å². The molecule has 0 aliphatic carbocycles. The maximum Gasteiger partial charge on any atom is 0.264 e. The normalized spacial score (nSPS) is 16.6. The van der Waals surface area contributed by atoms with Crippen LogP contribution in [-0.4, -0.2) is 44.5 Å². The van der Waals surface area contributed by atoms with Crippen LogP contribution in [0, 0.1) is 13.8 Å². The Labute approximate surface area is 162 Å². The van der Waals surface area contributed by atoms with Gasteiger partial charge in [-0.2, -0.15) is 5.10 Å². The highest BCUT2D eigenvalue weighted by atomic mass is 16.5. The van der Waals surface area contributed by atoms with Crippen molar-refractivity contribution in [3.8, 4) is 5.69 Å². The lowest BCUT2D eigenvalue weighted by Crippen LogP contribution is -2.36. The van der Waals surface area contributed by atoms with E-state index in [1.165, 1.54) is 22.7 Å². The Morgan fingerprint density at radius 2 is 2.18 bits per heavy atom. The number of fused-ring (bicyclic) bond motifs is 1. The maximum atomic E-state index is 12.8. The van der Waals surface area contributed by atoms with Gasteiger partial charge < -0.3 is 10.1 Å². The number of nitrogens with zero attached hydrogens (tertiary/aromatic N) is 4. The zero-order valence-corrected chi connectivity index (χ0v) is 16.0. The largest absolute Gasteiger partial charge is 0.376 e. The lowest BCUT2D eigenvalue weighted by Gasteiger charge is -2.11. The smallest absolute Gasteiger partial charge is 0.264 e. The highest BCUT2D eigenvalue weighted by Gasteiger charge is 2.17. The fourth-order valence-electron chi connectivity index (χ4n) is 3.35. The SMILES string of the molecule is Cc1ccc(-n2ncc3c(=O)n(CC(=O)NC[C@H]4CCCO4)cnc32)cc1C. The van der Waals surface area contributed by atoms with E-state index in [1.54, 1.807) is 4.68 Å². The van der Waals surface area contributed by atoms with E-state index in [4.69, 9.17) is 4.74 Å². The molecule has 1 aliphatic heterocycles. The molecule has 28 heavy (non-hydrogen) atoms. The lowest BCUT2D eigenvalue weighted by atomic mass is 10.1. The summed E-state index contributed by atoms with van der Waals surface area (Å²) in [7, 11) is 0. The van der Waals surface area contributed by atoms with Crippen LogP contribution in [0.2, 0.25) is 0 Å². The van der Waals surface area contributed by atoms with Gasteiger partial charge in [-0.3, -0.25) is 14.2 Å². The van der Waals surface area contributed by atoms with E-state index < -0.39 is 0 Å². The first-order valence-electron chi connectivity index (χ1n) is 9.42. The van der Waals surface area contributed by atoms with Crippen molar-refractivity contribution in [2.45, 2.75) is 39.3 Å². The number of aryl methyl sites for hydroxylation is 2. The second-order valence-electron chi connectivity index (χ2n) is 7.18. The molecule has 3 aromatic rings. The number of carbonyl (C=O) groups is 1. The van der Waals surface area contributed by atoms with Gasteiger partial charge >= 0.3 is 0 Å². The van der Waals surface area contributed by atoms with Crippen LogP contribution >= 0.6 is 0 Å². The molecular weight excluding hydrogens is 358 g/mol. The molecule has 8 heteroatoms. The predicted octanol–water partition coefficient (Wildman–Crippen LogP) is 1.49. The molecular formula is C20H23N5O3. The van der Waals surface area contributed by atoms with Crippen LogP contribution in [-0.2, 0) is 16.1 Å². The summed E-state index contributed by atoms with van der Waals surface area (Å²) in [5.74, 6) is -0.236. The van der Waals surface area contributed by atoms with Crippen molar-refractivity contribution >= 4 is 16.9 Å². The third kappa shape index (κ3) is 3.55. The van der Waals surface area contributed by atoms with Crippen LogP contribution in [0.15, 0.2) is 35.5 Å². The Hall–Kier alpha value is -3.00. The summed E-state index contributed by atoms with van der Waals surface area (Å²) >= 11 is 0. The number of hydrogen-bond acceptors (Lipinski definition) is 5. The lowest BCUT2D eigenvalue weighted by molar-refractivity contribution is -0.122. The minimum absolute atomic E-state index is 0.0671. The van der Waals surface area contributed by atoms with Crippen molar-refractivity contribution < 1.29 is 9.53 Å². The van der Waals surface area contributed by atoms with Gasteiger partial charge in [0.1, 0.15) is 18.3 Å². The van der Waals surface area contributed by atoms with E-state index >= 15 is 0 Å². The molecule has 1 aromatic carbocycles. The quantitative estimate of drug-likeness (QED) is 0.723. The number of carbonyl (C=O) groups excluding carboxylic acids is 1. The second kappa shape index (κ2) is 7.55. The number of nitrogens with one attached hydrogen (secondary N) is 1. The third-order valence-corrected chi connectivity index (χ3v) is 5.15. The summed E-state index contributed by atoms with van der Waals surface area (Å²) in [6.45, 7) is 5.20. The topological polar surface area (TPSA) is 91.0 Å². The Balaban J connectivity index is 1.55. The minimum Gasteiger partial charge on any atom is -0.376 e. The third-order valence-electron chi connectivity index (χ3n) is 5.15. The first-order valence-corrected chi connectivity index (χ1v) is 9.42. The highest BCUT2D eigenvalue weighted by molar-refractivity contribution is 5.77. The van der Waals surface area contributed by atoms with Crippen LogP contribution in [0.25, 0.3) is 16.7 Å². The number of amides is 1. The maximum absolute atomic E-state index is 12.8. The van der Waals surface area contributed by atoms with Crippen LogP contribution in [0.1, 0.15) is 24.0 Å². The van der Waals surface area contributed by atoms with E-state index in [9.17, 15) is 9.59 Å². The Bertz CT molecular complexity index is 1080. The van der Waals surface area contributed by atoms with Gasteiger partial charge in [0.05, 0.1) is 18.0 Å². The summed E-state index contributed by atoms with van der Waals surface area (Å²) in [5.41, 5.74) is 3.36. The summed E-state index contributed by atoms with van der Waals surface area (Å²) in [6, 6.07) is 5.96. The molecule has 1 atom stereocenters. The summed E-state index contributed by atoms with van der Waals surface area (Å²) < 4.78 is 8.44. The van der Waals surface area contributed by atoms with Crippen molar-refractivity contribution in [3.05, 3.63) is 52.2 Å². The van der Waals surface area contributed by atoms with E-state index in [0.29, 0.717) is 17.6 Å². The molecule has 1 aliphatic rings. The number of ether oxygens (including phenoxy) is 1. The summed E-state index contributed by atoms with van der Waals surface area (Å²) in [4.78, 5) is 29.3. The fraction of sp³-hybridized carbons (Fsp3) is 0.400. The summed E-state index contributed by atoms with van der Waals surface area (Å²) in [6.07, 6.45) is 4.93. The first-order chi connectivity index (χ1) is 13.5. The molecule has 2 aromatic heterocycles. The molecule has 3 heterocycles. The van der Waals surface area contributed by atoms with E-state index in [0.717, 1.165) is 30.7 Å². The molecule has 0 bridgehead atoms. The van der Waals surface area contributed by atoms with Gasteiger partial charge in [0, 0.05) is 13.2 Å². The molecule has 1 N–H and O–H groups in total. The first kappa shape index (κ1) is 18.4. The van der Waals surface area contributed by atoms with Crippen molar-refractivity contribution in [3.63, 3.8) is 0 Å². The number of benzene rings is 1. The Kier molecular flexibility index (Phi) is 4.95. The second-order valence-corrected chi connectivity index (χ2v) is 7.18. The molecule has 0 saturated carbocycles. The molecule has 1 amide bonds. The molecule has 0 spiro atoms. The predicted molar refractivity (Wildman–Crippen MR) is 105 cm³/mol. The van der Waals surface area contributed by atoms with Crippen molar-refractivity contribution in [1.82, 2.24) is 24.6 Å². The fourth-order valence-corrected chi connectivity index (χ4v) is 3.35. The molecule has 0 unspecified atom stereocenters. The van der Waals surface area contributed by atoms with Gasteiger partial charge in [-0.25, -0.2) is 9.67 Å². The van der Waals surface area contributed by atoms with E-state index in [2.05, 4.69) is 15.4 Å². The van der Waals surface area contributed by atoms with Gasteiger partial charge in [-0.1, -0.05) is 6.07 Å². The standard InChI is InChI=1S/C20H23N5O3/c1-13-5-6-15(8-14(13)2)25-19-17(10-23-25)20(27)24(12-22-19)11-18(26)21-9-16-4-3-7-28-16/h5-6,8,10,12,16H,3-4,7,9,11H2,1-2H3,(H,21,26)/t16-/m1/s1. The summed E-state index contributed by atoms with van der Waals surface area (Å²) in [5, 5.41) is 7.53. The van der Waals surface area contributed by atoms with Crippen molar-refractivity contribution in [2.24, 2.45) is 0 Å². The van der Waals surface area contributed by atoms with Gasteiger partial charge in [-0.15, -0.1) is 0 Å². The van der Waals surface area contributed by atoms with Crippen molar-refractivity contribution in [2.75, 3.05) is 13.2 Å². The van der Waals surface area contributed by atoms with Crippen LogP contribution in [0.5, 0.6) is 0 Å². The zero-order chi connectivity index (χ0) is 19.7. The number of rotatable bonds is 5. The molecule has 8 nitrogen and oxygen atoms in total. The average molecular weight is 381 g/mol. The number of aromatic nitrogens is 4. The van der Waals surface area contributed by atoms with E-state index in [-0.39, 0.29) is 24.1 Å². The number of hydrogen-bond donors (Lipinski definition) is 1. The van der Waals surface area contributed by atoms with E-state index in [1.807, 2.05) is 32.0 Å². The van der Waals surface area contributed by atoms with Gasteiger partial charge in [0.15, 0.2) is 5.65 Å².